The fraction of sp³-hybridized carbons (Fsp3) is 0.500. The molecule has 2 nitrogen and oxygen atoms in total. The van der Waals surface area contributed by atoms with Gasteiger partial charge in [-0.05, 0) is 30.9 Å². The molecule has 82 valence electrons. The van der Waals surface area contributed by atoms with Gasteiger partial charge in [0.15, 0.2) is 0 Å². The fourth-order valence-electron chi connectivity index (χ4n) is 2.17. The van der Waals surface area contributed by atoms with E-state index in [1.807, 2.05) is 6.07 Å². The molecule has 1 aliphatic heterocycles. The number of aliphatic hydroxyl groups excluding tert-OH is 1. The molecule has 0 radical (unpaired) electrons. The molecule has 1 aromatic rings. The van der Waals surface area contributed by atoms with Crippen molar-refractivity contribution in [1.82, 2.24) is 5.32 Å². The molecule has 1 aromatic carbocycles. The smallest absolute Gasteiger partial charge is 0.0584 e. The number of hydrogen-bond acceptors (Lipinski definition) is 2. The molecule has 1 fully saturated rings. The van der Waals surface area contributed by atoms with Crippen molar-refractivity contribution in [2.75, 3.05) is 6.61 Å². The molecule has 0 bridgehead atoms. The van der Waals surface area contributed by atoms with Crippen molar-refractivity contribution in [3.05, 3.63) is 34.3 Å². The molecule has 1 aliphatic rings. The van der Waals surface area contributed by atoms with Gasteiger partial charge in [-0.2, -0.15) is 0 Å². The van der Waals surface area contributed by atoms with Crippen molar-refractivity contribution in [1.29, 1.82) is 0 Å². The van der Waals surface area contributed by atoms with Gasteiger partial charge < -0.3 is 10.4 Å². The van der Waals surface area contributed by atoms with Crippen LogP contribution < -0.4 is 5.32 Å². The lowest BCUT2D eigenvalue weighted by Gasteiger charge is -2.30. The number of hydrogen-bond donors (Lipinski definition) is 2. The molecule has 3 heteroatoms. The van der Waals surface area contributed by atoms with E-state index < -0.39 is 0 Å². The van der Waals surface area contributed by atoms with E-state index in [1.165, 1.54) is 12.0 Å². The van der Waals surface area contributed by atoms with Crippen LogP contribution in [0.25, 0.3) is 0 Å². The normalized spacial score (nSPS) is 26.5. The Bertz CT molecular complexity index is 329. The van der Waals surface area contributed by atoms with E-state index >= 15 is 0 Å². The molecule has 0 spiro atoms. The zero-order valence-corrected chi connectivity index (χ0v) is 10.2. The van der Waals surface area contributed by atoms with Gasteiger partial charge >= 0.3 is 0 Å². The number of nitrogens with one attached hydrogen (secondary N) is 1. The first-order valence-electron chi connectivity index (χ1n) is 5.42. The molecule has 0 aliphatic carbocycles. The maximum atomic E-state index is 9.15. The van der Waals surface area contributed by atoms with Crippen LogP contribution in [0.2, 0.25) is 0 Å². The molecule has 0 amide bonds. The Morgan fingerprint density at radius 1 is 1.33 bits per heavy atom. The van der Waals surface area contributed by atoms with Crippen molar-refractivity contribution in [2.24, 2.45) is 0 Å². The minimum atomic E-state index is 0.237. The Morgan fingerprint density at radius 2 is 2.13 bits per heavy atom. The summed E-state index contributed by atoms with van der Waals surface area (Å²) >= 11 is 3.57. The molecule has 2 atom stereocenters. The van der Waals surface area contributed by atoms with Gasteiger partial charge in [-0.3, -0.25) is 0 Å². The Morgan fingerprint density at radius 3 is 2.87 bits per heavy atom. The van der Waals surface area contributed by atoms with Gasteiger partial charge in [0.05, 0.1) is 6.61 Å². The third-order valence-electron chi connectivity index (χ3n) is 2.98. The van der Waals surface area contributed by atoms with Gasteiger partial charge in [0.2, 0.25) is 0 Å². The topological polar surface area (TPSA) is 32.3 Å². The first-order chi connectivity index (χ1) is 7.31. The average molecular weight is 270 g/mol. The molecule has 15 heavy (non-hydrogen) atoms. The van der Waals surface area contributed by atoms with Crippen molar-refractivity contribution >= 4 is 15.9 Å². The molecule has 2 rings (SSSR count). The van der Waals surface area contributed by atoms with Crippen molar-refractivity contribution in [3.63, 3.8) is 0 Å². The predicted molar refractivity (Wildman–Crippen MR) is 64.7 cm³/mol. The molecular formula is C12H16BrNO. The van der Waals surface area contributed by atoms with Crippen LogP contribution in [-0.4, -0.2) is 17.8 Å². The lowest BCUT2D eigenvalue weighted by molar-refractivity contribution is 0.198. The number of piperidine rings is 1. The van der Waals surface area contributed by atoms with Gasteiger partial charge in [0, 0.05) is 16.6 Å². The van der Waals surface area contributed by atoms with E-state index in [4.69, 9.17) is 5.11 Å². The molecule has 0 saturated carbocycles. The van der Waals surface area contributed by atoms with Gasteiger partial charge in [-0.15, -0.1) is 0 Å². The second-order valence-electron chi connectivity index (χ2n) is 4.05. The fourth-order valence-corrected chi connectivity index (χ4v) is 2.73. The SMILES string of the molecule is OCC1CCCC(c2ccccc2Br)N1. The maximum Gasteiger partial charge on any atom is 0.0584 e. The summed E-state index contributed by atoms with van der Waals surface area (Å²) < 4.78 is 1.15. The molecule has 2 unspecified atom stereocenters. The highest BCUT2D eigenvalue weighted by Gasteiger charge is 2.22. The molecule has 0 aromatic heterocycles. The van der Waals surface area contributed by atoms with E-state index in [0.29, 0.717) is 6.04 Å². The summed E-state index contributed by atoms with van der Waals surface area (Å²) in [5.41, 5.74) is 1.30. The van der Waals surface area contributed by atoms with Crippen LogP contribution in [0.4, 0.5) is 0 Å². The van der Waals surface area contributed by atoms with Crippen molar-refractivity contribution in [2.45, 2.75) is 31.3 Å². The number of benzene rings is 1. The summed E-state index contributed by atoms with van der Waals surface area (Å²) in [5, 5.41) is 12.6. The monoisotopic (exact) mass is 269 g/mol. The number of halogens is 1. The van der Waals surface area contributed by atoms with Gasteiger partial charge in [-0.25, -0.2) is 0 Å². The second kappa shape index (κ2) is 5.10. The third kappa shape index (κ3) is 2.60. The predicted octanol–water partition coefficient (Wildman–Crippen LogP) is 2.62. The highest BCUT2D eigenvalue weighted by Crippen LogP contribution is 2.30. The van der Waals surface area contributed by atoms with Crippen LogP contribution in [0.3, 0.4) is 0 Å². The molecule has 1 saturated heterocycles. The van der Waals surface area contributed by atoms with Crippen LogP contribution in [-0.2, 0) is 0 Å². The van der Waals surface area contributed by atoms with Gasteiger partial charge in [0.25, 0.3) is 0 Å². The van der Waals surface area contributed by atoms with Crippen molar-refractivity contribution < 1.29 is 5.11 Å². The molecule has 2 N–H and O–H groups in total. The van der Waals surface area contributed by atoms with Crippen molar-refractivity contribution in [3.8, 4) is 0 Å². The molecular weight excluding hydrogens is 254 g/mol. The van der Waals surface area contributed by atoms with E-state index in [9.17, 15) is 0 Å². The molecule has 1 heterocycles. The Hall–Kier alpha value is -0.380. The number of aliphatic hydroxyl groups is 1. The minimum Gasteiger partial charge on any atom is -0.395 e. The quantitative estimate of drug-likeness (QED) is 0.865. The van der Waals surface area contributed by atoms with Crippen LogP contribution in [0, 0.1) is 0 Å². The zero-order valence-electron chi connectivity index (χ0n) is 8.62. The highest BCUT2D eigenvalue weighted by molar-refractivity contribution is 9.10. The van der Waals surface area contributed by atoms with Crippen LogP contribution in [0.15, 0.2) is 28.7 Å². The minimum absolute atomic E-state index is 0.237. The Kier molecular flexibility index (Phi) is 3.78. The third-order valence-corrected chi connectivity index (χ3v) is 3.71. The standard InChI is InChI=1S/C12H16BrNO/c13-11-6-2-1-5-10(11)12-7-3-4-9(8-15)14-12/h1-2,5-6,9,12,14-15H,3-4,7-8H2. The largest absolute Gasteiger partial charge is 0.395 e. The highest BCUT2D eigenvalue weighted by atomic mass is 79.9. The summed E-state index contributed by atoms with van der Waals surface area (Å²) in [6.07, 6.45) is 3.42. The summed E-state index contributed by atoms with van der Waals surface area (Å²) in [7, 11) is 0. The zero-order chi connectivity index (χ0) is 10.7. The summed E-state index contributed by atoms with van der Waals surface area (Å²) in [6.45, 7) is 0.237. The summed E-state index contributed by atoms with van der Waals surface area (Å²) in [4.78, 5) is 0. The van der Waals surface area contributed by atoms with Gasteiger partial charge in [0.1, 0.15) is 0 Å². The first kappa shape index (κ1) is 11.1. The first-order valence-corrected chi connectivity index (χ1v) is 6.22. The lowest BCUT2D eigenvalue weighted by Crippen LogP contribution is -2.39. The van der Waals surface area contributed by atoms with E-state index in [2.05, 4.69) is 39.4 Å². The Labute approximate surface area is 98.8 Å². The van der Waals surface area contributed by atoms with Crippen LogP contribution in [0.5, 0.6) is 0 Å². The number of rotatable bonds is 2. The van der Waals surface area contributed by atoms with E-state index in [1.54, 1.807) is 0 Å². The Balaban J connectivity index is 2.13. The lowest BCUT2D eigenvalue weighted by atomic mass is 9.94. The van der Waals surface area contributed by atoms with Crippen LogP contribution >= 0.6 is 15.9 Å². The van der Waals surface area contributed by atoms with E-state index in [-0.39, 0.29) is 12.6 Å². The van der Waals surface area contributed by atoms with Crippen LogP contribution in [0.1, 0.15) is 30.9 Å². The summed E-state index contributed by atoms with van der Waals surface area (Å²) in [5.74, 6) is 0. The average Bonchev–Trinajstić information content (AvgIpc) is 2.30. The second-order valence-corrected chi connectivity index (χ2v) is 4.91. The maximum absolute atomic E-state index is 9.15. The summed E-state index contributed by atoms with van der Waals surface area (Å²) in [6, 6.07) is 8.94. The van der Waals surface area contributed by atoms with E-state index in [0.717, 1.165) is 17.3 Å². The van der Waals surface area contributed by atoms with Gasteiger partial charge in [-0.1, -0.05) is 34.1 Å².